The van der Waals surface area contributed by atoms with Crippen molar-refractivity contribution in [2.45, 2.75) is 0 Å². The lowest BCUT2D eigenvalue weighted by atomic mass is 10.1. The first-order valence-corrected chi connectivity index (χ1v) is 13.4. The molecule has 0 aliphatic carbocycles. The van der Waals surface area contributed by atoms with Crippen LogP contribution in [0.1, 0.15) is 31.8 Å². The van der Waals surface area contributed by atoms with Gasteiger partial charge in [-0.3, -0.25) is 9.59 Å². The van der Waals surface area contributed by atoms with Crippen LogP contribution < -0.4 is 25.0 Å². The third kappa shape index (κ3) is 7.17. The van der Waals surface area contributed by atoms with Gasteiger partial charge in [0.1, 0.15) is 11.4 Å². The number of nitrogens with one attached hydrogen (secondary N) is 2. The molecule has 1 aliphatic rings. The van der Waals surface area contributed by atoms with Gasteiger partial charge in [0.05, 0.1) is 11.8 Å². The molecular formula is C31H22IN3O6. The molecular weight excluding hydrogens is 637 g/mol. The first-order valence-electron chi connectivity index (χ1n) is 12.3. The molecule has 2 amide bonds. The highest BCUT2D eigenvalue weighted by atomic mass is 127. The number of fused-ring (bicyclic) bond motifs is 1. The zero-order valence-corrected chi connectivity index (χ0v) is 23.5. The maximum Gasteiger partial charge on any atom is 0.344 e. The zero-order chi connectivity index (χ0) is 28.6. The highest BCUT2D eigenvalue weighted by Gasteiger charge is 2.17. The van der Waals surface area contributed by atoms with Crippen molar-refractivity contribution >= 4 is 52.7 Å². The number of amides is 2. The molecule has 5 rings (SSSR count). The molecule has 1 heterocycles. The maximum absolute atomic E-state index is 13.1. The van der Waals surface area contributed by atoms with Crippen LogP contribution in [0.4, 0.5) is 0 Å². The van der Waals surface area contributed by atoms with Gasteiger partial charge in [0, 0.05) is 9.13 Å². The van der Waals surface area contributed by atoms with E-state index in [0.717, 1.165) is 3.57 Å². The Bertz CT molecular complexity index is 1650. The van der Waals surface area contributed by atoms with E-state index < -0.39 is 17.8 Å². The Morgan fingerprint density at radius 1 is 0.829 bits per heavy atom. The maximum atomic E-state index is 13.1. The minimum atomic E-state index is -0.633. The molecule has 0 saturated heterocycles. The smallest absolute Gasteiger partial charge is 0.344 e. The zero-order valence-electron chi connectivity index (χ0n) is 21.4. The topological polar surface area (TPSA) is 115 Å². The monoisotopic (exact) mass is 659 g/mol. The van der Waals surface area contributed by atoms with Crippen LogP contribution in [0.25, 0.3) is 6.08 Å². The molecule has 4 aromatic carbocycles. The molecule has 41 heavy (non-hydrogen) atoms. The summed E-state index contributed by atoms with van der Waals surface area (Å²) >= 11 is 2.08. The van der Waals surface area contributed by atoms with Crippen LogP contribution >= 0.6 is 22.6 Å². The summed E-state index contributed by atoms with van der Waals surface area (Å²) in [6.45, 7) is 0.116. The lowest BCUT2D eigenvalue weighted by Crippen LogP contribution is -2.32. The lowest BCUT2D eigenvalue weighted by molar-refractivity contribution is -0.117. The van der Waals surface area contributed by atoms with Gasteiger partial charge in [0.25, 0.3) is 11.8 Å². The average Bonchev–Trinajstić information content (AvgIpc) is 3.46. The SMILES string of the molecule is O=C(N/N=C/c1ccc(OC(=O)c2ccccc2I)cc1)/C(=C\c1ccc2c(c1)OCO2)NC(=O)c1ccccc1. The summed E-state index contributed by atoms with van der Waals surface area (Å²) in [6.07, 6.45) is 2.95. The quantitative estimate of drug-likeness (QED) is 0.0675. The van der Waals surface area contributed by atoms with Gasteiger partial charge in [0.15, 0.2) is 11.5 Å². The van der Waals surface area contributed by atoms with Gasteiger partial charge in [-0.25, -0.2) is 10.2 Å². The molecule has 0 aromatic heterocycles. The lowest BCUT2D eigenvalue weighted by Gasteiger charge is -2.09. The van der Waals surface area contributed by atoms with E-state index in [-0.39, 0.29) is 12.5 Å². The Morgan fingerprint density at radius 2 is 1.54 bits per heavy atom. The number of hydrazone groups is 1. The number of esters is 1. The second-order valence-electron chi connectivity index (χ2n) is 8.63. The fourth-order valence-corrected chi connectivity index (χ4v) is 4.36. The number of nitrogens with zero attached hydrogens (tertiary/aromatic N) is 1. The van der Waals surface area contributed by atoms with Gasteiger partial charge >= 0.3 is 5.97 Å². The van der Waals surface area contributed by atoms with E-state index in [1.54, 1.807) is 84.9 Å². The van der Waals surface area contributed by atoms with Crippen LogP contribution in [0.2, 0.25) is 0 Å². The predicted octanol–water partition coefficient (Wildman–Crippen LogP) is 5.16. The Hall–Kier alpha value is -4.97. The molecule has 0 saturated carbocycles. The third-order valence-electron chi connectivity index (χ3n) is 5.80. The second kappa shape index (κ2) is 12.9. The predicted molar refractivity (Wildman–Crippen MR) is 161 cm³/mol. The number of hydrogen-bond acceptors (Lipinski definition) is 7. The van der Waals surface area contributed by atoms with Crippen molar-refractivity contribution in [2.24, 2.45) is 5.10 Å². The fourth-order valence-electron chi connectivity index (χ4n) is 3.75. The van der Waals surface area contributed by atoms with E-state index in [0.29, 0.717) is 39.5 Å². The Morgan fingerprint density at radius 3 is 2.32 bits per heavy atom. The second-order valence-corrected chi connectivity index (χ2v) is 9.79. The normalized spacial score (nSPS) is 12.2. The first kappa shape index (κ1) is 27.6. The van der Waals surface area contributed by atoms with Crippen LogP contribution in [0.15, 0.2) is 108 Å². The van der Waals surface area contributed by atoms with E-state index in [1.165, 1.54) is 12.3 Å². The number of rotatable bonds is 8. The van der Waals surface area contributed by atoms with Gasteiger partial charge in [-0.15, -0.1) is 0 Å². The molecule has 1 aliphatic heterocycles. The minimum Gasteiger partial charge on any atom is -0.454 e. The van der Waals surface area contributed by atoms with Crippen LogP contribution in [0.5, 0.6) is 17.2 Å². The summed E-state index contributed by atoms with van der Waals surface area (Å²) in [5.74, 6) is -0.0325. The molecule has 0 fully saturated rings. The van der Waals surface area contributed by atoms with Crippen LogP contribution in [0.3, 0.4) is 0 Å². The number of halogens is 1. The molecule has 0 radical (unpaired) electrons. The van der Waals surface area contributed by atoms with Gasteiger partial charge in [-0.05, 0) is 100 Å². The van der Waals surface area contributed by atoms with E-state index in [1.807, 2.05) is 12.1 Å². The largest absolute Gasteiger partial charge is 0.454 e. The Kier molecular flexibility index (Phi) is 8.70. The molecule has 9 nitrogen and oxygen atoms in total. The van der Waals surface area contributed by atoms with E-state index in [2.05, 4.69) is 38.4 Å². The van der Waals surface area contributed by atoms with Gasteiger partial charge < -0.3 is 19.5 Å². The molecule has 0 bridgehead atoms. The summed E-state index contributed by atoms with van der Waals surface area (Å²) < 4.78 is 17.0. The number of benzene rings is 4. The summed E-state index contributed by atoms with van der Waals surface area (Å²) in [6, 6.07) is 27.5. The van der Waals surface area contributed by atoms with Crippen molar-refractivity contribution in [3.05, 3.63) is 129 Å². The van der Waals surface area contributed by atoms with Crippen LogP contribution in [-0.2, 0) is 4.79 Å². The Balaban J connectivity index is 1.26. The molecule has 0 atom stereocenters. The van der Waals surface area contributed by atoms with Crippen molar-refractivity contribution in [1.82, 2.24) is 10.7 Å². The fraction of sp³-hybridized carbons (Fsp3) is 0.0323. The molecule has 0 unspecified atom stereocenters. The van der Waals surface area contributed by atoms with Crippen molar-refractivity contribution in [3.63, 3.8) is 0 Å². The summed E-state index contributed by atoms with van der Waals surface area (Å²) in [5.41, 5.74) is 4.55. The standard InChI is InChI=1S/C31H22IN3O6/c32-25-9-5-4-8-24(25)31(38)41-23-13-10-20(11-14-23)18-33-35-30(37)26(34-29(36)22-6-2-1-3-7-22)16-21-12-15-27-28(17-21)40-19-39-27/h1-18H,19H2,(H,34,36)(H,35,37)/b26-16+,33-18+. The van der Waals surface area contributed by atoms with E-state index >= 15 is 0 Å². The van der Waals surface area contributed by atoms with E-state index in [9.17, 15) is 14.4 Å². The summed E-state index contributed by atoms with van der Waals surface area (Å²) in [5, 5.41) is 6.68. The first-order chi connectivity index (χ1) is 20.0. The number of ether oxygens (including phenoxy) is 3. The number of carbonyl (C=O) groups is 3. The van der Waals surface area contributed by atoms with Crippen molar-refractivity contribution < 1.29 is 28.6 Å². The Labute approximate surface area is 249 Å². The van der Waals surface area contributed by atoms with Crippen LogP contribution in [0, 0.1) is 3.57 Å². The van der Waals surface area contributed by atoms with E-state index in [4.69, 9.17) is 14.2 Å². The average molecular weight is 659 g/mol. The van der Waals surface area contributed by atoms with Crippen molar-refractivity contribution in [3.8, 4) is 17.2 Å². The van der Waals surface area contributed by atoms with Gasteiger partial charge in [0.2, 0.25) is 6.79 Å². The van der Waals surface area contributed by atoms with Gasteiger partial charge in [-0.1, -0.05) is 36.4 Å². The molecule has 2 N–H and O–H groups in total. The highest BCUT2D eigenvalue weighted by Crippen LogP contribution is 2.33. The molecule has 10 heteroatoms. The third-order valence-corrected chi connectivity index (χ3v) is 6.74. The summed E-state index contributed by atoms with van der Waals surface area (Å²) in [7, 11) is 0. The van der Waals surface area contributed by atoms with Crippen molar-refractivity contribution in [1.29, 1.82) is 0 Å². The highest BCUT2D eigenvalue weighted by molar-refractivity contribution is 14.1. The van der Waals surface area contributed by atoms with Crippen molar-refractivity contribution in [2.75, 3.05) is 6.79 Å². The molecule has 4 aromatic rings. The van der Waals surface area contributed by atoms with Crippen LogP contribution in [-0.4, -0.2) is 30.8 Å². The molecule has 204 valence electrons. The molecule has 0 spiro atoms. The number of hydrogen-bond donors (Lipinski definition) is 2. The summed E-state index contributed by atoms with van der Waals surface area (Å²) in [4.78, 5) is 38.3. The minimum absolute atomic E-state index is 0.0207. The van der Waals surface area contributed by atoms with Gasteiger partial charge in [-0.2, -0.15) is 5.10 Å². The number of carbonyl (C=O) groups excluding carboxylic acids is 3.